The third kappa shape index (κ3) is 3.03. The van der Waals surface area contributed by atoms with E-state index in [2.05, 4.69) is 21.4 Å². The second-order valence-electron chi connectivity index (χ2n) is 6.37. The lowest BCUT2D eigenvalue weighted by molar-refractivity contribution is -0.138. The van der Waals surface area contributed by atoms with Gasteiger partial charge in [0.1, 0.15) is 0 Å². The predicted molar refractivity (Wildman–Crippen MR) is 83.4 cm³/mol. The van der Waals surface area contributed by atoms with Crippen LogP contribution in [0.4, 0.5) is 0 Å². The van der Waals surface area contributed by atoms with Crippen LogP contribution in [0.2, 0.25) is 0 Å². The number of amides is 1. The molecule has 0 aromatic carbocycles. The molecular formula is C16H26N4O2. The van der Waals surface area contributed by atoms with Crippen molar-refractivity contribution >= 4 is 5.91 Å². The fourth-order valence-corrected chi connectivity index (χ4v) is 3.65. The zero-order valence-corrected chi connectivity index (χ0v) is 13.3. The van der Waals surface area contributed by atoms with E-state index >= 15 is 0 Å². The molecule has 2 atom stereocenters. The molecule has 3 heterocycles. The van der Waals surface area contributed by atoms with Crippen molar-refractivity contribution in [2.24, 2.45) is 5.92 Å². The van der Waals surface area contributed by atoms with Gasteiger partial charge in [-0.15, -0.1) is 0 Å². The Morgan fingerprint density at radius 2 is 2.14 bits per heavy atom. The van der Waals surface area contributed by atoms with Gasteiger partial charge < -0.3 is 14.6 Å². The number of hydrogen-bond acceptors (Lipinski definition) is 4. The van der Waals surface area contributed by atoms with E-state index in [0.29, 0.717) is 5.91 Å². The molecule has 1 fully saturated rings. The summed E-state index contributed by atoms with van der Waals surface area (Å²) in [4.78, 5) is 21.2. The number of nitrogens with zero attached hydrogens (tertiary/aromatic N) is 4. The van der Waals surface area contributed by atoms with E-state index < -0.39 is 0 Å². The number of imidazole rings is 1. The smallest absolute Gasteiger partial charge is 0.226 e. The van der Waals surface area contributed by atoms with Gasteiger partial charge >= 0.3 is 0 Å². The summed E-state index contributed by atoms with van der Waals surface area (Å²) in [5.41, 5.74) is 1.18. The second-order valence-corrected chi connectivity index (χ2v) is 6.37. The number of aliphatic hydroxyl groups is 1. The third-order valence-corrected chi connectivity index (χ3v) is 5.15. The van der Waals surface area contributed by atoms with Gasteiger partial charge in [0.2, 0.25) is 5.91 Å². The molecule has 6 nitrogen and oxygen atoms in total. The van der Waals surface area contributed by atoms with Gasteiger partial charge in [-0.1, -0.05) is 6.92 Å². The molecule has 1 amide bonds. The second kappa shape index (κ2) is 6.79. The third-order valence-electron chi connectivity index (χ3n) is 5.15. The van der Waals surface area contributed by atoms with Crippen LogP contribution in [0.3, 0.4) is 0 Å². The first kappa shape index (κ1) is 15.5. The molecule has 122 valence electrons. The summed E-state index contributed by atoms with van der Waals surface area (Å²) in [6.45, 7) is 6.51. The molecule has 2 aliphatic heterocycles. The molecule has 0 aliphatic carbocycles. The van der Waals surface area contributed by atoms with Crippen LogP contribution in [0.5, 0.6) is 0 Å². The van der Waals surface area contributed by atoms with Crippen LogP contribution in [0.25, 0.3) is 0 Å². The highest BCUT2D eigenvalue weighted by molar-refractivity contribution is 5.79. The average Bonchev–Trinajstić information content (AvgIpc) is 3.03. The summed E-state index contributed by atoms with van der Waals surface area (Å²) in [6, 6.07) is 0.237. The summed E-state index contributed by atoms with van der Waals surface area (Å²) in [5, 5.41) is 9.40. The first-order valence-electron chi connectivity index (χ1n) is 8.35. The molecule has 3 rings (SSSR count). The lowest BCUT2D eigenvalue weighted by atomic mass is 9.94. The number of piperazine rings is 1. The van der Waals surface area contributed by atoms with Gasteiger partial charge in [0, 0.05) is 63.0 Å². The molecule has 6 heteroatoms. The van der Waals surface area contributed by atoms with Crippen molar-refractivity contribution in [2.45, 2.75) is 38.8 Å². The Balaban J connectivity index is 1.54. The van der Waals surface area contributed by atoms with Gasteiger partial charge in [0.15, 0.2) is 0 Å². The van der Waals surface area contributed by atoms with E-state index in [0.717, 1.165) is 52.0 Å². The Morgan fingerprint density at radius 3 is 2.82 bits per heavy atom. The van der Waals surface area contributed by atoms with Gasteiger partial charge in [-0.3, -0.25) is 9.69 Å². The minimum atomic E-state index is 0.107. The molecule has 1 aromatic heterocycles. The van der Waals surface area contributed by atoms with Crippen molar-refractivity contribution in [3.05, 3.63) is 18.2 Å². The number of carbonyl (C=O) groups is 1. The van der Waals surface area contributed by atoms with Crippen molar-refractivity contribution < 1.29 is 9.90 Å². The van der Waals surface area contributed by atoms with Crippen LogP contribution < -0.4 is 0 Å². The van der Waals surface area contributed by atoms with Crippen LogP contribution in [-0.2, 0) is 17.8 Å². The summed E-state index contributed by atoms with van der Waals surface area (Å²) >= 11 is 0. The molecule has 0 bridgehead atoms. The first-order valence-corrected chi connectivity index (χ1v) is 8.35. The van der Waals surface area contributed by atoms with Crippen LogP contribution in [0, 0.1) is 5.92 Å². The highest BCUT2D eigenvalue weighted by atomic mass is 16.3. The van der Waals surface area contributed by atoms with E-state index in [9.17, 15) is 9.90 Å². The quantitative estimate of drug-likeness (QED) is 0.872. The monoisotopic (exact) mass is 306 g/mol. The molecule has 0 radical (unpaired) electrons. The topological polar surface area (TPSA) is 61.6 Å². The minimum Gasteiger partial charge on any atom is -0.395 e. The van der Waals surface area contributed by atoms with Gasteiger partial charge in [-0.05, 0) is 12.8 Å². The Hall–Kier alpha value is -1.40. The predicted octanol–water partition coefficient (Wildman–Crippen LogP) is 0.361. The zero-order valence-electron chi connectivity index (χ0n) is 13.3. The van der Waals surface area contributed by atoms with Crippen molar-refractivity contribution in [1.29, 1.82) is 0 Å². The number of hydrogen-bond donors (Lipinski definition) is 1. The number of aryl methyl sites for hydroxylation is 1. The van der Waals surface area contributed by atoms with E-state index in [-0.39, 0.29) is 18.6 Å². The average molecular weight is 306 g/mol. The number of aliphatic hydroxyl groups excluding tert-OH is 1. The highest BCUT2D eigenvalue weighted by Gasteiger charge is 2.31. The van der Waals surface area contributed by atoms with Crippen LogP contribution in [0.15, 0.2) is 12.5 Å². The van der Waals surface area contributed by atoms with Crippen molar-refractivity contribution in [3.8, 4) is 0 Å². The fourth-order valence-electron chi connectivity index (χ4n) is 3.65. The number of rotatable bonds is 4. The van der Waals surface area contributed by atoms with Gasteiger partial charge in [0.25, 0.3) is 0 Å². The summed E-state index contributed by atoms with van der Waals surface area (Å²) < 4.78 is 2.15. The zero-order chi connectivity index (χ0) is 15.5. The molecule has 2 aliphatic rings. The fraction of sp³-hybridized carbons (Fsp3) is 0.750. The van der Waals surface area contributed by atoms with Crippen molar-refractivity contribution in [2.75, 3.05) is 32.8 Å². The molecular weight excluding hydrogens is 280 g/mol. The minimum absolute atomic E-state index is 0.107. The van der Waals surface area contributed by atoms with Gasteiger partial charge in [0.05, 0.1) is 12.9 Å². The van der Waals surface area contributed by atoms with E-state index in [1.807, 2.05) is 17.4 Å². The maximum atomic E-state index is 12.7. The molecule has 0 spiro atoms. The SMILES string of the molecule is CCC(CO)N1CCN(C(=O)C2CCn3cncc3C2)CC1. The highest BCUT2D eigenvalue weighted by Crippen LogP contribution is 2.22. The van der Waals surface area contributed by atoms with Crippen LogP contribution in [0.1, 0.15) is 25.5 Å². The number of carbonyl (C=O) groups excluding carboxylic acids is 1. The van der Waals surface area contributed by atoms with Gasteiger partial charge in [-0.2, -0.15) is 0 Å². The van der Waals surface area contributed by atoms with Crippen LogP contribution >= 0.6 is 0 Å². The van der Waals surface area contributed by atoms with Crippen molar-refractivity contribution in [3.63, 3.8) is 0 Å². The summed E-state index contributed by atoms with van der Waals surface area (Å²) in [5.74, 6) is 0.403. The lowest BCUT2D eigenvalue weighted by Gasteiger charge is -2.40. The normalized spacial score (nSPS) is 24.1. The molecule has 2 unspecified atom stereocenters. The summed E-state index contributed by atoms with van der Waals surface area (Å²) in [6.07, 6.45) is 6.42. The Labute approximate surface area is 131 Å². The van der Waals surface area contributed by atoms with E-state index in [1.165, 1.54) is 5.69 Å². The molecule has 0 saturated carbocycles. The molecule has 22 heavy (non-hydrogen) atoms. The maximum absolute atomic E-state index is 12.7. The molecule has 1 aromatic rings. The Bertz CT molecular complexity index is 504. The number of aromatic nitrogens is 2. The van der Waals surface area contributed by atoms with Crippen LogP contribution in [-0.4, -0.2) is 69.2 Å². The van der Waals surface area contributed by atoms with E-state index in [1.54, 1.807) is 0 Å². The molecule has 1 saturated heterocycles. The Kier molecular flexibility index (Phi) is 4.78. The number of fused-ring (bicyclic) bond motifs is 1. The molecule has 1 N–H and O–H groups in total. The van der Waals surface area contributed by atoms with E-state index in [4.69, 9.17) is 0 Å². The maximum Gasteiger partial charge on any atom is 0.226 e. The van der Waals surface area contributed by atoms with Gasteiger partial charge in [-0.25, -0.2) is 4.98 Å². The lowest BCUT2D eigenvalue weighted by Crippen LogP contribution is -2.54. The standard InChI is InChI=1S/C16H26N4O2/c1-2-14(11-21)18-5-7-19(8-6-18)16(22)13-3-4-20-12-17-10-15(20)9-13/h10,12-14,21H,2-9,11H2,1H3. The Morgan fingerprint density at radius 1 is 1.36 bits per heavy atom. The summed E-state index contributed by atoms with van der Waals surface area (Å²) in [7, 11) is 0. The van der Waals surface area contributed by atoms with Crippen molar-refractivity contribution in [1.82, 2.24) is 19.4 Å². The largest absolute Gasteiger partial charge is 0.395 e. The first-order chi connectivity index (χ1) is 10.7.